The van der Waals surface area contributed by atoms with Crippen molar-refractivity contribution in [3.63, 3.8) is 0 Å². The Morgan fingerprint density at radius 1 is 1.22 bits per heavy atom. The Balaban J connectivity index is 2.09. The highest BCUT2D eigenvalue weighted by atomic mass is 79.9. The molecule has 0 saturated heterocycles. The van der Waals surface area contributed by atoms with E-state index in [0.717, 1.165) is 22.3 Å². The molecule has 1 N–H and O–H groups in total. The summed E-state index contributed by atoms with van der Waals surface area (Å²) < 4.78 is 1.13. The van der Waals surface area contributed by atoms with Crippen LogP contribution in [0.5, 0.6) is 0 Å². The van der Waals surface area contributed by atoms with Crippen LogP contribution in [-0.4, -0.2) is 0 Å². The fourth-order valence-corrected chi connectivity index (χ4v) is 2.35. The lowest BCUT2D eigenvalue weighted by Crippen LogP contribution is -2.00. The second-order valence-corrected chi connectivity index (χ2v) is 5.03. The van der Waals surface area contributed by atoms with Crippen molar-refractivity contribution in [2.75, 3.05) is 5.32 Å². The summed E-state index contributed by atoms with van der Waals surface area (Å²) in [5, 5.41) is 3.37. The Morgan fingerprint density at radius 2 is 2.06 bits per heavy atom. The lowest BCUT2D eigenvalue weighted by atomic mass is 10.1. The second kappa shape index (κ2) is 5.75. The third kappa shape index (κ3) is 3.15. The summed E-state index contributed by atoms with van der Waals surface area (Å²) in [6, 6.07) is 14.2. The number of hydrogen-bond donors (Lipinski definition) is 1. The van der Waals surface area contributed by atoms with Crippen molar-refractivity contribution < 1.29 is 0 Å². The van der Waals surface area contributed by atoms with E-state index in [2.05, 4.69) is 52.3 Å². The zero-order valence-electron chi connectivity index (χ0n) is 10.2. The second-order valence-electron chi connectivity index (χ2n) is 4.17. The molecule has 0 spiro atoms. The molecule has 2 aromatic rings. The number of benzene rings is 2. The van der Waals surface area contributed by atoms with Crippen LogP contribution in [0, 0.1) is 19.3 Å². The molecule has 0 saturated carbocycles. The summed E-state index contributed by atoms with van der Waals surface area (Å²) in [6.07, 6.45) is 5.38. The predicted octanol–water partition coefficient (Wildman–Crippen LogP) is 4.35. The highest BCUT2D eigenvalue weighted by molar-refractivity contribution is 9.10. The average Bonchev–Trinajstić information content (AvgIpc) is 2.38. The minimum Gasteiger partial charge on any atom is -0.381 e. The number of hydrogen-bond acceptors (Lipinski definition) is 1. The van der Waals surface area contributed by atoms with Crippen LogP contribution in [0.2, 0.25) is 0 Å². The molecule has 0 aromatic heterocycles. The van der Waals surface area contributed by atoms with Crippen molar-refractivity contribution in [1.29, 1.82) is 0 Å². The van der Waals surface area contributed by atoms with Crippen LogP contribution in [0.25, 0.3) is 0 Å². The van der Waals surface area contributed by atoms with Crippen LogP contribution >= 0.6 is 15.9 Å². The van der Waals surface area contributed by atoms with Crippen LogP contribution in [0.15, 0.2) is 46.9 Å². The summed E-state index contributed by atoms with van der Waals surface area (Å²) in [6.45, 7) is 2.85. The predicted molar refractivity (Wildman–Crippen MR) is 80.6 cm³/mol. The Morgan fingerprint density at radius 3 is 2.78 bits per heavy atom. The van der Waals surface area contributed by atoms with Crippen molar-refractivity contribution in [3.8, 4) is 12.3 Å². The lowest BCUT2D eigenvalue weighted by molar-refractivity contribution is 1.13. The Kier molecular flexibility index (Phi) is 4.07. The molecule has 1 nitrogen and oxygen atoms in total. The van der Waals surface area contributed by atoms with Gasteiger partial charge in [0, 0.05) is 22.3 Å². The van der Waals surface area contributed by atoms with Gasteiger partial charge in [-0.3, -0.25) is 0 Å². The minimum absolute atomic E-state index is 0.773. The van der Waals surface area contributed by atoms with Crippen LogP contribution in [-0.2, 0) is 6.54 Å². The zero-order chi connectivity index (χ0) is 13.0. The SMILES string of the molecule is C#Cc1cccc(NCc2ccc(C)cc2Br)c1. The molecular formula is C16H14BrN. The number of aryl methyl sites for hydroxylation is 1. The van der Waals surface area contributed by atoms with Gasteiger partial charge < -0.3 is 5.32 Å². The van der Waals surface area contributed by atoms with Gasteiger partial charge in [-0.05, 0) is 42.3 Å². The molecule has 0 heterocycles. The third-order valence-electron chi connectivity index (χ3n) is 2.72. The molecule has 0 unspecified atom stereocenters. The minimum atomic E-state index is 0.773. The van der Waals surface area contributed by atoms with Crippen molar-refractivity contribution in [1.82, 2.24) is 0 Å². The monoisotopic (exact) mass is 299 g/mol. The number of anilines is 1. The smallest absolute Gasteiger partial charge is 0.0411 e. The molecule has 90 valence electrons. The maximum absolute atomic E-state index is 5.38. The first kappa shape index (κ1) is 12.7. The van der Waals surface area contributed by atoms with Gasteiger partial charge in [-0.15, -0.1) is 6.42 Å². The van der Waals surface area contributed by atoms with Crippen LogP contribution in [0.3, 0.4) is 0 Å². The maximum Gasteiger partial charge on any atom is 0.0411 e. The zero-order valence-corrected chi connectivity index (χ0v) is 11.8. The molecule has 0 aliphatic carbocycles. The van der Waals surface area contributed by atoms with E-state index in [0.29, 0.717) is 0 Å². The molecule has 0 bridgehead atoms. The molecule has 0 amide bonds. The Hall–Kier alpha value is -1.72. The van der Waals surface area contributed by atoms with Crippen LogP contribution in [0.4, 0.5) is 5.69 Å². The first-order valence-corrected chi connectivity index (χ1v) is 6.54. The molecule has 2 rings (SSSR count). The topological polar surface area (TPSA) is 12.0 Å². The van der Waals surface area contributed by atoms with Gasteiger partial charge in [0.2, 0.25) is 0 Å². The van der Waals surface area contributed by atoms with Gasteiger partial charge in [0.25, 0.3) is 0 Å². The highest BCUT2D eigenvalue weighted by Crippen LogP contribution is 2.20. The summed E-state index contributed by atoms with van der Waals surface area (Å²) >= 11 is 3.58. The largest absolute Gasteiger partial charge is 0.381 e. The maximum atomic E-state index is 5.38. The molecule has 18 heavy (non-hydrogen) atoms. The quantitative estimate of drug-likeness (QED) is 0.831. The van der Waals surface area contributed by atoms with Crippen molar-refractivity contribution in [2.24, 2.45) is 0 Å². The molecule has 2 heteroatoms. The summed E-state index contributed by atoms with van der Waals surface area (Å²) in [7, 11) is 0. The molecule has 0 aliphatic rings. The number of halogens is 1. The molecule has 0 atom stereocenters. The first-order chi connectivity index (χ1) is 8.69. The van der Waals surface area contributed by atoms with E-state index >= 15 is 0 Å². The van der Waals surface area contributed by atoms with Crippen molar-refractivity contribution in [3.05, 3.63) is 63.6 Å². The van der Waals surface area contributed by atoms with E-state index in [9.17, 15) is 0 Å². The summed E-state index contributed by atoms with van der Waals surface area (Å²) in [4.78, 5) is 0. The third-order valence-corrected chi connectivity index (χ3v) is 3.46. The fraction of sp³-hybridized carbons (Fsp3) is 0.125. The summed E-state index contributed by atoms with van der Waals surface area (Å²) in [5.74, 6) is 2.64. The van der Waals surface area contributed by atoms with E-state index in [1.165, 1.54) is 11.1 Å². The van der Waals surface area contributed by atoms with E-state index in [-0.39, 0.29) is 0 Å². The lowest BCUT2D eigenvalue weighted by Gasteiger charge is -2.09. The van der Waals surface area contributed by atoms with E-state index < -0.39 is 0 Å². The van der Waals surface area contributed by atoms with Crippen molar-refractivity contribution in [2.45, 2.75) is 13.5 Å². The number of rotatable bonds is 3. The average molecular weight is 300 g/mol. The van der Waals surface area contributed by atoms with Gasteiger partial charge in [0.1, 0.15) is 0 Å². The van der Waals surface area contributed by atoms with Gasteiger partial charge >= 0.3 is 0 Å². The molecule has 0 fully saturated rings. The first-order valence-electron chi connectivity index (χ1n) is 5.74. The fourth-order valence-electron chi connectivity index (χ4n) is 1.71. The summed E-state index contributed by atoms with van der Waals surface area (Å²) in [5.41, 5.74) is 4.41. The number of nitrogens with one attached hydrogen (secondary N) is 1. The van der Waals surface area contributed by atoms with E-state index in [4.69, 9.17) is 6.42 Å². The standard InChI is InChI=1S/C16H14BrN/c1-3-13-5-4-6-15(10-13)18-11-14-8-7-12(2)9-16(14)17/h1,4-10,18H,11H2,2H3. The van der Waals surface area contributed by atoms with Gasteiger partial charge in [-0.25, -0.2) is 0 Å². The Labute approximate surface area is 116 Å². The van der Waals surface area contributed by atoms with Gasteiger partial charge in [-0.2, -0.15) is 0 Å². The molecular weight excluding hydrogens is 286 g/mol. The van der Waals surface area contributed by atoms with Crippen molar-refractivity contribution >= 4 is 21.6 Å². The van der Waals surface area contributed by atoms with Crippen LogP contribution in [0.1, 0.15) is 16.7 Å². The molecule has 0 aliphatic heterocycles. The normalized spacial score (nSPS) is 9.83. The van der Waals surface area contributed by atoms with E-state index in [1.807, 2.05) is 24.3 Å². The molecule has 0 radical (unpaired) electrons. The van der Waals surface area contributed by atoms with Gasteiger partial charge in [0.05, 0.1) is 0 Å². The number of terminal acetylenes is 1. The van der Waals surface area contributed by atoms with E-state index in [1.54, 1.807) is 0 Å². The molecule has 2 aromatic carbocycles. The Bertz CT molecular complexity index is 596. The highest BCUT2D eigenvalue weighted by Gasteiger charge is 2.00. The van der Waals surface area contributed by atoms with Gasteiger partial charge in [-0.1, -0.05) is 40.0 Å². The van der Waals surface area contributed by atoms with Gasteiger partial charge in [0.15, 0.2) is 0 Å². The van der Waals surface area contributed by atoms with Crippen LogP contribution < -0.4 is 5.32 Å².